The Hall–Kier alpha value is -2.79. The molecule has 2 aromatic heterocycles. The van der Waals surface area contributed by atoms with Crippen molar-refractivity contribution in [3.05, 3.63) is 63.9 Å². The SMILES string of the molecule is Cc1cc(C)n(CCOc2ccc(CN3C[C@@H](O)[C@](O)(CNC(=O)c4cscn4)C3)cc2)n1. The number of nitrogens with zero attached hydrogens (tertiary/aromatic N) is 4. The Bertz CT molecular complexity index is 1070. The van der Waals surface area contributed by atoms with Crippen molar-refractivity contribution in [1.29, 1.82) is 0 Å². The van der Waals surface area contributed by atoms with Crippen LogP contribution in [-0.2, 0) is 13.1 Å². The molecule has 1 aromatic carbocycles. The number of aryl methyl sites for hydroxylation is 2. The number of aromatic nitrogens is 3. The molecule has 0 radical (unpaired) electrons. The lowest BCUT2D eigenvalue weighted by Crippen LogP contribution is -2.51. The number of benzene rings is 1. The number of rotatable bonds is 9. The number of hydrogen-bond acceptors (Lipinski definition) is 8. The minimum atomic E-state index is -1.41. The van der Waals surface area contributed by atoms with Crippen LogP contribution in [0.5, 0.6) is 5.75 Å². The molecule has 0 unspecified atom stereocenters. The molecular weight excluding hydrogens is 442 g/mol. The average Bonchev–Trinajstić information content (AvgIpc) is 3.49. The molecule has 1 aliphatic rings. The Morgan fingerprint density at radius 2 is 2.12 bits per heavy atom. The Labute approximate surface area is 196 Å². The number of ether oxygens (including phenoxy) is 1. The van der Waals surface area contributed by atoms with E-state index in [0.717, 1.165) is 22.7 Å². The van der Waals surface area contributed by atoms with Gasteiger partial charge in [-0.05, 0) is 37.6 Å². The number of β-amino-alcohol motifs (C(OH)–C–C–N with tert-alkyl or cyclic N) is 2. The molecule has 0 saturated carbocycles. The van der Waals surface area contributed by atoms with Gasteiger partial charge in [-0.3, -0.25) is 14.4 Å². The van der Waals surface area contributed by atoms with Gasteiger partial charge < -0.3 is 20.3 Å². The molecule has 1 fully saturated rings. The molecule has 0 bridgehead atoms. The molecule has 33 heavy (non-hydrogen) atoms. The van der Waals surface area contributed by atoms with Gasteiger partial charge in [0.1, 0.15) is 23.7 Å². The molecule has 10 heteroatoms. The zero-order valence-corrected chi connectivity index (χ0v) is 19.6. The van der Waals surface area contributed by atoms with Crippen molar-refractivity contribution in [1.82, 2.24) is 25.0 Å². The van der Waals surface area contributed by atoms with Gasteiger partial charge in [0.15, 0.2) is 0 Å². The topological polar surface area (TPSA) is 113 Å². The fourth-order valence-electron chi connectivity index (χ4n) is 4.01. The van der Waals surface area contributed by atoms with Crippen molar-refractivity contribution < 1.29 is 19.7 Å². The number of thiazole rings is 1. The summed E-state index contributed by atoms with van der Waals surface area (Å²) in [6, 6.07) is 9.84. The minimum Gasteiger partial charge on any atom is -0.492 e. The molecule has 176 valence electrons. The van der Waals surface area contributed by atoms with Gasteiger partial charge in [0.25, 0.3) is 5.91 Å². The number of aliphatic hydroxyl groups excluding tert-OH is 1. The van der Waals surface area contributed by atoms with Crippen LogP contribution in [0.15, 0.2) is 41.2 Å². The molecule has 9 nitrogen and oxygen atoms in total. The van der Waals surface area contributed by atoms with Crippen molar-refractivity contribution in [3.8, 4) is 5.75 Å². The van der Waals surface area contributed by atoms with E-state index in [1.54, 1.807) is 10.9 Å². The van der Waals surface area contributed by atoms with Gasteiger partial charge in [-0.1, -0.05) is 12.1 Å². The third-order valence-electron chi connectivity index (χ3n) is 5.77. The van der Waals surface area contributed by atoms with Crippen molar-refractivity contribution in [2.75, 3.05) is 26.2 Å². The number of carbonyl (C=O) groups is 1. The number of carbonyl (C=O) groups excluding carboxylic acids is 1. The van der Waals surface area contributed by atoms with Crippen LogP contribution >= 0.6 is 11.3 Å². The lowest BCUT2D eigenvalue weighted by atomic mass is 10.0. The maximum absolute atomic E-state index is 12.1. The fourth-order valence-corrected chi connectivity index (χ4v) is 4.55. The van der Waals surface area contributed by atoms with Crippen LogP contribution in [-0.4, -0.2) is 73.7 Å². The van der Waals surface area contributed by atoms with Crippen LogP contribution in [0.25, 0.3) is 0 Å². The molecule has 3 N–H and O–H groups in total. The summed E-state index contributed by atoms with van der Waals surface area (Å²) in [5.74, 6) is 0.423. The largest absolute Gasteiger partial charge is 0.492 e. The van der Waals surface area contributed by atoms with Gasteiger partial charge >= 0.3 is 0 Å². The predicted octanol–water partition coefficient (Wildman–Crippen LogP) is 1.37. The van der Waals surface area contributed by atoms with Gasteiger partial charge in [0.05, 0.1) is 30.4 Å². The summed E-state index contributed by atoms with van der Waals surface area (Å²) in [5.41, 5.74) is 3.64. The van der Waals surface area contributed by atoms with E-state index >= 15 is 0 Å². The second-order valence-electron chi connectivity index (χ2n) is 8.49. The molecular formula is C23H29N5O4S. The molecule has 1 saturated heterocycles. The lowest BCUT2D eigenvalue weighted by Gasteiger charge is -2.26. The highest BCUT2D eigenvalue weighted by Crippen LogP contribution is 2.24. The number of likely N-dealkylation sites (tertiary alicyclic amines) is 1. The highest BCUT2D eigenvalue weighted by Gasteiger charge is 2.44. The first-order valence-corrected chi connectivity index (χ1v) is 11.8. The van der Waals surface area contributed by atoms with E-state index in [9.17, 15) is 15.0 Å². The normalized spacial score (nSPS) is 20.8. The molecule has 3 heterocycles. The molecule has 0 aliphatic carbocycles. The van der Waals surface area contributed by atoms with Crippen LogP contribution in [0.1, 0.15) is 27.4 Å². The second-order valence-corrected chi connectivity index (χ2v) is 9.21. The molecule has 1 amide bonds. The molecule has 1 aliphatic heterocycles. The molecule has 2 atom stereocenters. The summed E-state index contributed by atoms with van der Waals surface area (Å²) in [6.07, 6.45) is -0.953. The van der Waals surface area contributed by atoms with Gasteiger partial charge in [0, 0.05) is 30.7 Å². The smallest absolute Gasteiger partial charge is 0.270 e. The maximum Gasteiger partial charge on any atom is 0.270 e. The van der Waals surface area contributed by atoms with E-state index in [1.807, 2.05) is 53.8 Å². The average molecular weight is 472 g/mol. The van der Waals surface area contributed by atoms with Gasteiger partial charge in [0.2, 0.25) is 0 Å². The minimum absolute atomic E-state index is 0.0386. The van der Waals surface area contributed by atoms with Crippen LogP contribution in [0.2, 0.25) is 0 Å². The Kier molecular flexibility index (Phi) is 7.08. The third-order valence-corrected chi connectivity index (χ3v) is 6.36. The van der Waals surface area contributed by atoms with Crippen molar-refractivity contribution in [3.63, 3.8) is 0 Å². The summed E-state index contributed by atoms with van der Waals surface area (Å²) in [4.78, 5) is 18.0. The van der Waals surface area contributed by atoms with Crippen LogP contribution < -0.4 is 10.1 Å². The first kappa shape index (κ1) is 23.4. The molecule has 4 rings (SSSR count). The van der Waals surface area contributed by atoms with Crippen LogP contribution in [0, 0.1) is 13.8 Å². The monoisotopic (exact) mass is 471 g/mol. The number of nitrogens with one attached hydrogen (secondary N) is 1. The standard InChI is InChI=1S/C23H29N5O4S/c1-16-9-17(2)28(26-16)7-8-32-19-5-3-18(4-6-19)10-27-11-21(29)23(31,14-27)13-24-22(30)20-12-33-15-25-20/h3-6,9,12,15,21,29,31H,7-8,10-11,13-14H2,1-2H3,(H,24,30)/t21-,23+/m1/s1. The highest BCUT2D eigenvalue weighted by molar-refractivity contribution is 7.07. The Morgan fingerprint density at radius 1 is 1.33 bits per heavy atom. The number of aliphatic hydroxyl groups is 2. The summed E-state index contributed by atoms with van der Waals surface area (Å²) in [5, 5.41) is 30.0. The number of hydrogen-bond donors (Lipinski definition) is 3. The summed E-state index contributed by atoms with van der Waals surface area (Å²) in [6.45, 7) is 6.33. The summed E-state index contributed by atoms with van der Waals surface area (Å²) in [7, 11) is 0. The van der Waals surface area contributed by atoms with E-state index in [4.69, 9.17) is 4.74 Å². The van der Waals surface area contributed by atoms with E-state index in [-0.39, 0.29) is 19.0 Å². The lowest BCUT2D eigenvalue weighted by molar-refractivity contribution is -0.0377. The van der Waals surface area contributed by atoms with Crippen LogP contribution in [0.3, 0.4) is 0 Å². The Morgan fingerprint density at radius 3 is 2.79 bits per heavy atom. The maximum atomic E-state index is 12.1. The van der Waals surface area contributed by atoms with Crippen molar-refractivity contribution in [2.24, 2.45) is 0 Å². The molecule has 0 spiro atoms. The van der Waals surface area contributed by atoms with Crippen molar-refractivity contribution in [2.45, 2.75) is 38.6 Å². The first-order chi connectivity index (χ1) is 15.8. The third kappa shape index (κ3) is 5.77. The highest BCUT2D eigenvalue weighted by atomic mass is 32.1. The van der Waals surface area contributed by atoms with Gasteiger partial charge in [-0.25, -0.2) is 4.98 Å². The zero-order valence-electron chi connectivity index (χ0n) is 18.8. The van der Waals surface area contributed by atoms with E-state index in [1.165, 1.54) is 11.3 Å². The second kappa shape index (κ2) is 10.0. The summed E-state index contributed by atoms with van der Waals surface area (Å²) < 4.78 is 7.77. The Balaban J connectivity index is 1.25. The predicted molar refractivity (Wildman–Crippen MR) is 124 cm³/mol. The van der Waals surface area contributed by atoms with E-state index in [0.29, 0.717) is 31.9 Å². The van der Waals surface area contributed by atoms with Gasteiger partial charge in [-0.15, -0.1) is 11.3 Å². The number of amides is 1. The quantitative estimate of drug-likeness (QED) is 0.432. The zero-order chi connectivity index (χ0) is 23.4. The van der Waals surface area contributed by atoms with Crippen LogP contribution in [0.4, 0.5) is 0 Å². The first-order valence-electron chi connectivity index (χ1n) is 10.8. The fraction of sp³-hybridized carbons (Fsp3) is 0.435. The molecule has 3 aromatic rings. The van der Waals surface area contributed by atoms with E-state index < -0.39 is 11.7 Å². The van der Waals surface area contributed by atoms with Crippen molar-refractivity contribution >= 4 is 17.2 Å². The van der Waals surface area contributed by atoms with E-state index in [2.05, 4.69) is 15.4 Å². The van der Waals surface area contributed by atoms with Gasteiger partial charge in [-0.2, -0.15) is 5.10 Å². The summed E-state index contributed by atoms with van der Waals surface area (Å²) >= 11 is 1.33.